The van der Waals surface area contributed by atoms with Crippen LogP contribution in [0.2, 0.25) is 0 Å². The predicted octanol–water partition coefficient (Wildman–Crippen LogP) is 6.29. The van der Waals surface area contributed by atoms with Crippen LogP contribution in [0.3, 0.4) is 0 Å². The normalized spacial score (nSPS) is 10.8. The smallest absolute Gasteiger partial charge is 0.236 e. The summed E-state index contributed by atoms with van der Waals surface area (Å²) in [5.74, 6) is 0.00127. The van der Waals surface area contributed by atoms with Crippen molar-refractivity contribution in [3.05, 3.63) is 107 Å². The number of hydrogen-bond donors (Lipinski definition) is 1. The van der Waals surface area contributed by atoms with Crippen LogP contribution in [0.1, 0.15) is 16.0 Å². The van der Waals surface area contributed by atoms with Crippen LogP contribution in [-0.2, 0) is 11.2 Å². The van der Waals surface area contributed by atoms with E-state index in [1.54, 1.807) is 0 Å². The van der Waals surface area contributed by atoms with E-state index >= 15 is 0 Å². The second-order valence-corrected chi connectivity index (χ2v) is 10.2. The highest BCUT2D eigenvalue weighted by Crippen LogP contribution is 2.30. The van der Waals surface area contributed by atoms with Crippen molar-refractivity contribution in [2.45, 2.75) is 18.5 Å². The van der Waals surface area contributed by atoms with Crippen molar-refractivity contribution in [1.82, 2.24) is 20.2 Å². The minimum absolute atomic E-state index is 0.159. The predicted molar refractivity (Wildman–Crippen MR) is 146 cm³/mol. The molecule has 0 saturated heterocycles. The van der Waals surface area contributed by atoms with Crippen LogP contribution in [0.4, 0.5) is 5.13 Å². The first-order valence-electron chi connectivity index (χ1n) is 11.4. The fourth-order valence-corrected chi connectivity index (χ4v) is 5.17. The van der Waals surface area contributed by atoms with Crippen LogP contribution in [-0.4, -0.2) is 31.8 Å². The van der Waals surface area contributed by atoms with Crippen molar-refractivity contribution in [1.29, 1.82) is 0 Å². The van der Waals surface area contributed by atoms with Crippen molar-refractivity contribution < 1.29 is 4.79 Å². The maximum atomic E-state index is 12.6. The van der Waals surface area contributed by atoms with Crippen molar-refractivity contribution in [2.24, 2.45) is 0 Å². The van der Waals surface area contributed by atoms with E-state index in [1.165, 1.54) is 34.2 Å². The molecule has 0 bridgehead atoms. The van der Waals surface area contributed by atoms with Crippen LogP contribution in [0.5, 0.6) is 0 Å². The molecule has 0 aliphatic carbocycles. The number of benzene rings is 3. The van der Waals surface area contributed by atoms with Gasteiger partial charge in [-0.3, -0.25) is 4.79 Å². The molecule has 36 heavy (non-hydrogen) atoms. The van der Waals surface area contributed by atoms with Crippen LogP contribution in [0, 0.1) is 6.92 Å². The topological polar surface area (TPSA) is 80.7 Å². The molecule has 5 rings (SSSR count). The first-order valence-corrected chi connectivity index (χ1v) is 13.2. The standard InChI is InChI=1S/C28H23N5OS2/c1-19-9-8-10-20(15-19)16-23-17-29-27(36-23)30-24(34)18-35-28-31-25(21-11-4-2-5-12-21)26(32-33-28)22-13-6-3-7-14-22/h2-15,17H,16,18H2,1H3,(H,29,30,34). The maximum absolute atomic E-state index is 12.6. The molecule has 2 heterocycles. The Kier molecular flexibility index (Phi) is 7.44. The third-order valence-corrected chi connectivity index (χ3v) is 7.11. The minimum atomic E-state index is -0.159. The van der Waals surface area contributed by atoms with Gasteiger partial charge in [-0.05, 0) is 12.5 Å². The molecule has 6 nitrogen and oxygen atoms in total. The minimum Gasteiger partial charge on any atom is -0.301 e. The summed E-state index contributed by atoms with van der Waals surface area (Å²) in [5.41, 5.74) is 5.79. The highest BCUT2D eigenvalue weighted by molar-refractivity contribution is 7.99. The van der Waals surface area contributed by atoms with Gasteiger partial charge in [0.15, 0.2) is 5.13 Å². The summed E-state index contributed by atoms with van der Waals surface area (Å²) in [6.45, 7) is 2.08. The molecule has 0 radical (unpaired) electrons. The summed E-state index contributed by atoms with van der Waals surface area (Å²) < 4.78 is 0. The molecular weight excluding hydrogens is 486 g/mol. The monoisotopic (exact) mass is 509 g/mol. The Morgan fingerprint density at radius 2 is 1.61 bits per heavy atom. The van der Waals surface area contributed by atoms with E-state index in [4.69, 9.17) is 4.98 Å². The van der Waals surface area contributed by atoms with Gasteiger partial charge in [-0.2, -0.15) is 0 Å². The number of nitrogens with zero attached hydrogens (tertiary/aromatic N) is 4. The molecule has 8 heteroatoms. The number of aromatic nitrogens is 4. The van der Waals surface area contributed by atoms with Gasteiger partial charge in [0, 0.05) is 28.6 Å². The maximum Gasteiger partial charge on any atom is 0.236 e. The van der Waals surface area contributed by atoms with Gasteiger partial charge < -0.3 is 5.32 Å². The molecule has 0 aliphatic heterocycles. The van der Waals surface area contributed by atoms with Gasteiger partial charge in [-0.25, -0.2) is 9.97 Å². The Balaban J connectivity index is 1.25. The molecule has 2 aromatic heterocycles. The zero-order valence-corrected chi connectivity index (χ0v) is 21.2. The number of aryl methyl sites for hydroxylation is 1. The first-order chi connectivity index (χ1) is 17.6. The van der Waals surface area contributed by atoms with E-state index in [0.717, 1.165) is 28.1 Å². The molecule has 178 valence electrons. The number of rotatable bonds is 8. The second kappa shape index (κ2) is 11.2. The van der Waals surface area contributed by atoms with Crippen LogP contribution in [0.15, 0.2) is 96.3 Å². The van der Waals surface area contributed by atoms with Crippen molar-refractivity contribution in [3.63, 3.8) is 0 Å². The average Bonchev–Trinajstić information content (AvgIpc) is 3.34. The lowest BCUT2D eigenvalue weighted by Gasteiger charge is -2.09. The zero-order chi connectivity index (χ0) is 24.7. The number of hydrogen-bond acceptors (Lipinski definition) is 7. The van der Waals surface area contributed by atoms with Crippen LogP contribution < -0.4 is 5.32 Å². The summed E-state index contributed by atoms with van der Waals surface area (Å²) >= 11 is 2.74. The first kappa shape index (κ1) is 23.8. The molecule has 0 unspecified atom stereocenters. The Morgan fingerprint density at radius 1 is 0.889 bits per heavy atom. The molecule has 0 saturated carbocycles. The van der Waals surface area contributed by atoms with Crippen molar-refractivity contribution in [3.8, 4) is 22.5 Å². The number of anilines is 1. The summed E-state index contributed by atoms with van der Waals surface area (Å²) in [6.07, 6.45) is 2.61. The third kappa shape index (κ3) is 6.02. The molecule has 5 aromatic rings. The van der Waals surface area contributed by atoms with Gasteiger partial charge in [-0.15, -0.1) is 21.5 Å². The Bertz CT molecular complexity index is 1470. The quantitative estimate of drug-likeness (QED) is 0.248. The number of thioether (sulfide) groups is 1. The molecular formula is C28H23N5OS2. The van der Waals surface area contributed by atoms with Gasteiger partial charge in [0.25, 0.3) is 0 Å². The lowest BCUT2D eigenvalue weighted by atomic mass is 10.0. The van der Waals surface area contributed by atoms with E-state index in [0.29, 0.717) is 16.0 Å². The van der Waals surface area contributed by atoms with Gasteiger partial charge in [-0.1, -0.05) is 102 Å². The number of carbonyl (C=O) groups is 1. The highest BCUT2D eigenvalue weighted by Gasteiger charge is 2.15. The summed E-state index contributed by atoms with van der Waals surface area (Å²) in [6, 6.07) is 28.1. The van der Waals surface area contributed by atoms with E-state index in [9.17, 15) is 4.79 Å². The lowest BCUT2D eigenvalue weighted by molar-refractivity contribution is -0.113. The molecule has 1 amide bonds. The summed E-state index contributed by atoms with van der Waals surface area (Å²) in [4.78, 5) is 22.8. The van der Waals surface area contributed by atoms with E-state index in [-0.39, 0.29) is 11.7 Å². The number of nitrogens with one attached hydrogen (secondary N) is 1. The zero-order valence-electron chi connectivity index (χ0n) is 19.6. The fourth-order valence-electron chi connectivity index (χ4n) is 3.72. The average molecular weight is 510 g/mol. The second-order valence-electron chi connectivity index (χ2n) is 8.16. The third-order valence-electron chi connectivity index (χ3n) is 5.35. The summed E-state index contributed by atoms with van der Waals surface area (Å²) in [5, 5.41) is 12.7. The van der Waals surface area contributed by atoms with Crippen molar-refractivity contribution in [2.75, 3.05) is 11.1 Å². The van der Waals surface area contributed by atoms with E-state index in [1.807, 2.05) is 66.9 Å². The van der Waals surface area contributed by atoms with Gasteiger partial charge >= 0.3 is 0 Å². The largest absolute Gasteiger partial charge is 0.301 e. The fraction of sp³-hybridized carbons (Fsp3) is 0.107. The van der Waals surface area contributed by atoms with Crippen molar-refractivity contribution >= 4 is 34.1 Å². The molecule has 0 aliphatic rings. The van der Waals surface area contributed by atoms with Gasteiger partial charge in [0.1, 0.15) is 11.4 Å². The molecule has 0 fully saturated rings. The molecule has 1 N–H and O–H groups in total. The number of amides is 1. The number of thiazole rings is 1. The summed E-state index contributed by atoms with van der Waals surface area (Å²) in [7, 11) is 0. The lowest BCUT2D eigenvalue weighted by Crippen LogP contribution is -2.14. The Morgan fingerprint density at radius 3 is 2.33 bits per heavy atom. The molecule has 3 aromatic carbocycles. The Hall–Kier alpha value is -3.88. The van der Waals surface area contributed by atoms with Gasteiger partial charge in [0.2, 0.25) is 11.1 Å². The van der Waals surface area contributed by atoms with Crippen LogP contribution >= 0.6 is 23.1 Å². The highest BCUT2D eigenvalue weighted by atomic mass is 32.2. The Labute approximate surface area is 217 Å². The van der Waals surface area contributed by atoms with Gasteiger partial charge in [0.05, 0.1) is 5.75 Å². The molecule has 0 spiro atoms. The SMILES string of the molecule is Cc1cccc(Cc2cnc(NC(=O)CSc3nnc(-c4ccccc4)c(-c4ccccc4)n3)s2)c1. The van der Waals surface area contributed by atoms with Crippen LogP contribution in [0.25, 0.3) is 22.5 Å². The molecule has 0 atom stereocenters. The van der Waals surface area contributed by atoms with E-state index in [2.05, 4.69) is 51.7 Å². The van der Waals surface area contributed by atoms with E-state index < -0.39 is 0 Å². The number of carbonyl (C=O) groups excluding carboxylic acids is 1.